The van der Waals surface area contributed by atoms with Crippen LogP contribution in [0.4, 0.5) is 0 Å². The van der Waals surface area contributed by atoms with Gasteiger partial charge in [0.05, 0.1) is 21.7 Å². The summed E-state index contributed by atoms with van der Waals surface area (Å²) in [4.78, 5) is 26.7. The van der Waals surface area contributed by atoms with Gasteiger partial charge in [0.25, 0.3) is 11.8 Å². The zero-order valence-corrected chi connectivity index (χ0v) is 21.0. The zero-order valence-electron chi connectivity index (χ0n) is 19.4. The van der Waals surface area contributed by atoms with Crippen LogP contribution in [0.15, 0.2) is 28.9 Å². The third kappa shape index (κ3) is 3.47. The summed E-state index contributed by atoms with van der Waals surface area (Å²) >= 11 is 3.33. The van der Waals surface area contributed by atoms with E-state index in [-0.39, 0.29) is 28.3 Å². The molecule has 4 rings (SSSR count). The number of halogens is 1. The fourth-order valence-electron chi connectivity index (χ4n) is 5.16. The Morgan fingerprint density at radius 3 is 2.41 bits per heavy atom. The summed E-state index contributed by atoms with van der Waals surface area (Å²) in [6.07, 6.45) is 2.86. The van der Waals surface area contributed by atoms with E-state index in [2.05, 4.69) is 54.3 Å². The molecule has 2 aliphatic heterocycles. The van der Waals surface area contributed by atoms with Gasteiger partial charge in [-0.05, 0) is 60.1 Å². The highest BCUT2D eigenvalue weighted by molar-refractivity contribution is 9.12. The highest BCUT2D eigenvalue weighted by atomic mass is 79.9. The van der Waals surface area contributed by atoms with Crippen molar-refractivity contribution in [2.45, 2.75) is 60.2 Å². The second-order valence-electron chi connectivity index (χ2n) is 9.32. The Morgan fingerprint density at radius 2 is 1.81 bits per heavy atom. The summed E-state index contributed by atoms with van der Waals surface area (Å²) in [5.74, 6) is 0.175. The molecule has 0 spiro atoms. The summed E-state index contributed by atoms with van der Waals surface area (Å²) in [5, 5.41) is 10.9. The van der Waals surface area contributed by atoms with Crippen molar-refractivity contribution >= 4 is 51.3 Å². The number of hydrogen-bond acceptors (Lipinski definition) is 4. The minimum atomic E-state index is -1.20. The van der Waals surface area contributed by atoms with Gasteiger partial charge in [-0.15, -0.1) is 0 Å². The second kappa shape index (κ2) is 8.47. The summed E-state index contributed by atoms with van der Waals surface area (Å²) in [5.41, 5.74) is 2.97. The van der Waals surface area contributed by atoms with E-state index in [1.54, 1.807) is 0 Å². The number of aryl methyl sites for hydroxylation is 1. The SMILES string of the molecule is CCC1OC(n2cc(C3=C(Br)C(=O)N(B(C)O)C3=O)c3cc(C)ccc32)C(C)C(C)C1C. The summed E-state index contributed by atoms with van der Waals surface area (Å²) in [6.45, 7) is 12.3. The van der Waals surface area contributed by atoms with E-state index in [1.807, 2.05) is 25.3 Å². The van der Waals surface area contributed by atoms with Crippen molar-refractivity contribution in [3.05, 3.63) is 40.0 Å². The molecule has 1 fully saturated rings. The molecule has 170 valence electrons. The van der Waals surface area contributed by atoms with Crippen molar-refractivity contribution in [2.24, 2.45) is 17.8 Å². The summed E-state index contributed by atoms with van der Waals surface area (Å²) < 4.78 is 8.89. The first-order valence-electron chi connectivity index (χ1n) is 11.3. The smallest absolute Gasteiger partial charge is 0.419 e. The highest BCUT2D eigenvalue weighted by Crippen LogP contribution is 2.45. The molecule has 5 atom stereocenters. The standard InChI is InChI=1S/C24H30BBrN2O4/c1-7-19-14(4)13(3)15(5)24(32-19)27-11-17(16-10-12(2)8-9-18(16)27)20-21(26)23(30)28(22(20)29)25(6)31/h8-11,13-15,19,24,31H,7H2,1-6H3. The Labute approximate surface area is 197 Å². The molecule has 1 aromatic carbocycles. The Morgan fingerprint density at radius 1 is 1.12 bits per heavy atom. The lowest BCUT2D eigenvalue weighted by molar-refractivity contribution is -0.166. The molecule has 1 aromatic heterocycles. The van der Waals surface area contributed by atoms with Crippen molar-refractivity contribution in [1.82, 2.24) is 9.38 Å². The third-order valence-electron chi connectivity index (χ3n) is 7.38. The van der Waals surface area contributed by atoms with Gasteiger partial charge in [0, 0.05) is 23.1 Å². The molecule has 2 aliphatic rings. The number of ether oxygens (including phenoxy) is 1. The van der Waals surface area contributed by atoms with E-state index in [1.165, 1.54) is 6.82 Å². The second-order valence-corrected chi connectivity index (χ2v) is 10.1. The van der Waals surface area contributed by atoms with Gasteiger partial charge < -0.3 is 14.3 Å². The number of fused-ring (bicyclic) bond motifs is 1. The normalized spacial score (nSPS) is 28.9. The number of carbonyl (C=O) groups excluding carboxylic acids is 2. The van der Waals surface area contributed by atoms with E-state index in [0.29, 0.717) is 17.4 Å². The van der Waals surface area contributed by atoms with Gasteiger partial charge in [0.2, 0.25) is 0 Å². The molecule has 32 heavy (non-hydrogen) atoms. The Kier molecular flexibility index (Phi) is 6.16. The minimum Gasteiger partial charge on any atom is -0.432 e. The van der Waals surface area contributed by atoms with Crippen LogP contribution in [0.25, 0.3) is 16.5 Å². The van der Waals surface area contributed by atoms with Crippen molar-refractivity contribution in [3.63, 3.8) is 0 Å². The van der Waals surface area contributed by atoms with Crippen molar-refractivity contribution in [1.29, 1.82) is 0 Å². The van der Waals surface area contributed by atoms with E-state index in [0.717, 1.165) is 27.7 Å². The molecular formula is C24H30BBrN2O4. The maximum Gasteiger partial charge on any atom is 0.419 e. The molecule has 3 heterocycles. The molecule has 0 bridgehead atoms. The van der Waals surface area contributed by atoms with Crippen molar-refractivity contribution in [2.75, 3.05) is 0 Å². The summed E-state index contributed by atoms with van der Waals surface area (Å²) in [7, 11) is -1.20. The first-order chi connectivity index (χ1) is 15.1. The number of carbonyl (C=O) groups is 2. The molecule has 5 unspecified atom stereocenters. The van der Waals surface area contributed by atoms with E-state index in [4.69, 9.17) is 4.74 Å². The van der Waals surface area contributed by atoms with Crippen molar-refractivity contribution < 1.29 is 19.3 Å². The maximum absolute atomic E-state index is 13.2. The molecule has 0 saturated carbocycles. The molecule has 1 N–H and O–H groups in total. The Balaban J connectivity index is 1.90. The van der Waals surface area contributed by atoms with Gasteiger partial charge in [-0.25, -0.2) is 0 Å². The lowest BCUT2D eigenvalue weighted by Gasteiger charge is -2.44. The number of benzene rings is 1. The monoisotopic (exact) mass is 500 g/mol. The van der Waals surface area contributed by atoms with Crippen LogP contribution in [0.3, 0.4) is 0 Å². The first-order valence-corrected chi connectivity index (χ1v) is 12.1. The van der Waals surface area contributed by atoms with E-state index < -0.39 is 18.9 Å². The quantitative estimate of drug-likeness (QED) is 0.485. The van der Waals surface area contributed by atoms with Gasteiger partial charge >= 0.3 is 7.05 Å². The molecule has 6 nitrogen and oxygen atoms in total. The number of hydrogen-bond donors (Lipinski definition) is 1. The molecule has 2 aromatic rings. The van der Waals surface area contributed by atoms with Crippen molar-refractivity contribution in [3.8, 4) is 0 Å². The average molecular weight is 501 g/mol. The molecule has 1 saturated heterocycles. The molecule has 8 heteroatoms. The van der Waals surface area contributed by atoms with E-state index >= 15 is 0 Å². The largest absolute Gasteiger partial charge is 0.432 e. The lowest BCUT2D eigenvalue weighted by atomic mass is 9.77. The Bertz CT molecular complexity index is 1120. The fourth-order valence-corrected chi connectivity index (χ4v) is 5.74. The van der Waals surface area contributed by atoms with Gasteiger partial charge in [-0.3, -0.25) is 14.4 Å². The van der Waals surface area contributed by atoms with Crippen LogP contribution in [0.5, 0.6) is 0 Å². The average Bonchev–Trinajstić information content (AvgIpc) is 3.20. The molecule has 2 amide bonds. The van der Waals surface area contributed by atoms with Gasteiger partial charge in [0.15, 0.2) is 0 Å². The van der Waals surface area contributed by atoms with Gasteiger partial charge in [-0.2, -0.15) is 0 Å². The minimum absolute atomic E-state index is 0.156. The highest BCUT2D eigenvalue weighted by Gasteiger charge is 2.44. The number of nitrogens with zero attached hydrogens (tertiary/aromatic N) is 2. The maximum atomic E-state index is 13.2. The molecule has 0 radical (unpaired) electrons. The third-order valence-corrected chi connectivity index (χ3v) is 8.11. The van der Waals surface area contributed by atoms with Crippen LogP contribution in [-0.4, -0.2) is 39.4 Å². The van der Waals surface area contributed by atoms with Crippen LogP contribution in [0, 0.1) is 24.7 Å². The fraction of sp³-hybridized carbons (Fsp3) is 0.500. The summed E-state index contributed by atoms with van der Waals surface area (Å²) in [6, 6.07) is 6.14. The van der Waals surface area contributed by atoms with Gasteiger partial charge in [-0.1, -0.05) is 39.3 Å². The molecule has 0 aliphatic carbocycles. The number of imide groups is 1. The predicted octanol–water partition coefficient (Wildman–Crippen LogP) is 4.75. The lowest BCUT2D eigenvalue weighted by Crippen LogP contribution is -2.42. The number of rotatable bonds is 4. The zero-order chi connectivity index (χ0) is 23.5. The molecular weight excluding hydrogens is 471 g/mol. The van der Waals surface area contributed by atoms with Crippen LogP contribution in [0.1, 0.15) is 51.5 Å². The number of amides is 2. The predicted molar refractivity (Wildman–Crippen MR) is 130 cm³/mol. The number of aromatic nitrogens is 1. The van der Waals surface area contributed by atoms with Gasteiger partial charge in [0.1, 0.15) is 6.23 Å². The topological polar surface area (TPSA) is 71.8 Å². The van der Waals surface area contributed by atoms with Crippen LogP contribution in [-0.2, 0) is 14.3 Å². The van der Waals surface area contributed by atoms with Crippen LogP contribution < -0.4 is 0 Å². The van der Waals surface area contributed by atoms with E-state index in [9.17, 15) is 14.6 Å². The Hall–Kier alpha value is -1.90. The van der Waals surface area contributed by atoms with Crippen LogP contribution in [0.2, 0.25) is 6.82 Å². The van der Waals surface area contributed by atoms with Crippen LogP contribution >= 0.6 is 15.9 Å². The first kappa shape index (κ1) is 23.3.